The van der Waals surface area contributed by atoms with Crippen molar-refractivity contribution in [2.24, 2.45) is 0 Å². The van der Waals surface area contributed by atoms with Crippen molar-refractivity contribution in [1.29, 1.82) is 0 Å². The molecule has 0 aliphatic carbocycles. The van der Waals surface area contributed by atoms with E-state index in [4.69, 9.17) is 4.18 Å². The zero-order valence-corrected chi connectivity index (χ0v) is 22.3. The molecule has 0 unspecified atom stereocenters. The molecule has 2 N–H and O–H groups in total. The van der Waals surface area contributed by atoms with Crippen LogP contribution in [0.1, 0.15) is 47.5 Å². The van der Waals surface area contributed by atoms with Gasteiger partial charge >= 0.3 is 10.1 Å². The number of hydrogen-bond donors (Lipinski definition) is 2. The summed E-state index contributed by atoms with van der Waals surface area (Å²) in [6.45, 7) is 13.5. The van der Waals surface area contributed by atoms with E-state index >= 15 is 0 Å². The Morgan fingerprint density at radius 1 is 1.00 bits per heavy atom. The lowest BCUT2D eigenvalue weighted by Crippen LogP contribution is -2.40. The van der Waals surface area contributed by atoms with Gasteiger partial charge in [0.1, 0.15) is 10.6 Å². The first-order valence-corrected chi connectivity index (χ1v) is 14.1. The number of rotatable bonds is 13. The van der Waals surface area contributed by atoms with E-state index in [-0.39, 0.29) is 10.6 Å². The Labute approximate surface area is 207 Å². The number of nitrogens with one attached hydrogen (secondary N) is 2. The van der Waals surface area contributed by atoms with Crippen molar-refractivity contribution >= 4 is 42.5 Å². The predicted molar refractivity (Wildman–Crippen MR) is 143 cm³/mol. The van der Waals surface area contributed by atoms with E-state index < -0.39 is 10.1 Å². The minimum atomic E-state index is -3.93. The molecule has 186 valence electrons. The number of fused-ring (bicyclic) bond motifs is 1. The van der Waals surface area contributed by atoms with Crippen LogP contribution in [0.25, 0.3) is 10.2 Å². The van der Waals surface area contributed by atoms with Gasteiger partial charge in [-0.3, -0.25) is 4.90 Å². The number of aromatic nitrogens is 1. The van der Waals surface area contributed by atoms with E-state index in [1.165, 1.54) is 11.3 Å². The van der Waals surface area contributed by atoms with Gasteiger partial charge in [-0.1, -0.05) is 24.7 Å². The maximum absolute atomic E-state index is 12.8. The summed E-state index contributed by atoms with van der Waals surface area (Å²) in [5, 5.41) is 7.50. The third-order valence-electron chi connectivity index (χ3n) is 5.54. The zero-order valence-electron chi connectivity index (χ0n) is 20.7. The molecule has 0 radical (unpaired) electrons. The lowest BCUT2D eigenvalue weighted by molar-refractivity contribution is 0.182. The van der Waals surface area contributed by atoms with Gasteiger partial charge in [0.2, 0.25) is 0 Å². The average molecular weight is 505 g/mol. The summed E-state index contributed by atoms with van der Waals surface area (Å²) in [7, 11) is -3.93. The third-order valence-corrected chi connectivity index (χ3v) is 7.78. The van der Waals surface area contributed by atoms with Crippen LogP contribution < -0.4 is 14.8 Å². The standard InChI is InChI=1S/C25H36N4O3S2/c1-6-7-14-27-25-28-23-13-10-21(17-24(23)33-25)32-34(30,31)22-11-8-20(9-12-22)26-15-16-29(18(2)3)19(4)5/h8-13,17-19,26H,6-7,14-16H2,1-5H3,(H,27,28). The molecule has 34 heavy (non-hydrogen) atoms. The highest BCUT2D eigenvalue weighted by molar-refractivity contribution is 7.87. The molecule has 2 aromatic carbocycles. The molecule has 0 spiro atoms. The van der Waals surface area contributed by atoms with Gasteiger partial charge in [-0.15, -0.1) is 0 Å². The molecule has 0 fully saturated rings. The summed E-state index contributed by atoms with van der Waals surface area (Å²) in [4.78, 5) is 7.06. The van der Waals surface area contributed by atoms with Crippen molar-refractivity contribution in [3.8, 4) is 5.75 Å². The first-order chi connectivity index (χ1) is 16.2. The molecule has 0 amide bonds. The van der Waals surface area contributed by atoms with Crippen LogP contribution in [0, 0.1) is 0 Å². The average Bonchev–Trinajstić information content (AvgIpc) is 3.18. The number of thiazole rings is 1. The first kappa shape index (κ1) is 26.2. The topological polar surface area (TPSA) is 83.6 Å². The first-order valence-electron chi connectivity index (χ1n) is 11.9. The second-order valence-electron chi connectivity index (χ2n) is 8.84. The number of benzene rings is 2. The molecule has 0 aliphatic rings. The minimum absolute atomic E-state index is 0.121. The highest BCUT2D eigenvalue weighted by Crippen LogP contribution is 2.30. The molecule has 1 heterocycles. The fraction of sp³-hybridized carbons (Fsp3) is 0.480. The lowest BCUT2D eigenvalue weighted by atomic mass is 10.2. The summed E-state index contributed by atoms with van der Waals surface area (Å²) >= 11 is 1.49. The van der Waals surface area contributed by atoms with Crippen LogP contribution in [0.2, 0.25) is 0 Å². The van der Waals surface area contributed by atoms with Crippen LogP contribution >= 0.6 is 11.3 Å². The van der Waals surface area contributed by atoms with Gasteiger partial charge in [-0.25, -0.2) is 4.98 Å². The van der Waals surface area contributed by atoms with E-state index in [0.717, 1.165) is 53.5 Å². The SMILES string of the molecule is CCCCNc1nc2ccc(OS(=O)(=O)c3ccc(NCCN(C(C)C)C(C)C)cc3)cc2s1. The monoisotopic (exact) mass is 504 g/mol. The van der Waals surface area contributed by atoms with Crippen LogP contribution in [0.4, 0.5) is 10.8 Å². The normalized spacial score (nSPS) is 12.1. The highest BCUT2D eigenvalue weighted by atomic mass is 32.2. The Balaban J connectivity index is 1.61. The van der Waals surface area contributed by atoms with Crippen LogP contribution in [-0.2, 0) is 10.1 Å². The third kappa shape index (κ3) is 7.07. The quantitative estimate of drug-likeness (QED) is 0.225. The van der Waals surface area contributed by atoms with E-state index in [2.05, 4.69) is 55.1 Å². The van der Waals surface area contributed by atoms with Crippen molar-refractivity contribution < 1.29 is 12.6 Å². The van der Waals surface area contributed by atoms with Crippen molar-refractivity contribution in [1.82, 2.24) is 9.88 Å². The van der Waals surface area contributed by atoms with Gasteiger partial charge in [0, 0.05) is 43.5 Å². The summed E-state index contributed by atoms with van der Waals surface area (Å²) in [5.41, 5.74) is 1.69. The van der Waals surface area contributed by atoms with E-state index in [0.29, 0.717) is 12.1 Å². The van der Waals surface area contributed by atoms with Crippen LogP contribution in [0.15, 0.2) is 47.4 Å². The van der Waals surface area contributed by atoms with Crippen LogP contribution in [0.5, 0.6) is 5.75 Å². The van der Waals surface area contributed by atoms with Gasteiger partial charge in [-0.05, 0) is 70.5 Å². The second-order valence-corrected chi connectivity index (χ2v) is 11.4. The molecule has 3 aromatic rings. The van der Waals surface area contributed by atoms with E-state index in [1.807, 2.05) is 0 Å². The minimum Gasteiger partial charge on any atom is -0.384 e. The zero-order chi connectivity index (χ0) is 24.7. The second kappa shape index (κ2) is 11.9. The van der Waals surface area contributed by atoms with Crippen molar-refractivity contribution in [2.45, 2.75) is 64.4 Å². The Hall–Kier alpha value is -2.36. The molecule has 3 rings (SSSR count). The summed E-state index contributed by atoms with van der Waals surface area (Å²) in [6, 6.07) is 12.8. The van der Waals surface area contributed by atoms with Crippen molar-refractivity contribution in [2.75, 3.05) is 30.3 Å². The van der Waals surface area contributed by atoms with Gasteiger partial charge < -0.3 is 14.8 Å². The highest BCUT2D eigenvalue weighted by Gasteiger charge is 2.18. The molecule has 1 aromatic heterocycles. The molecule has 0 saturated heterocycles. The molecular formula is C25H36N4O3S2. The van der Waals surface area contributed by atoms with Gasteiger partial charge in [0.05, 0.1) is 10.2 Å². The molecule has 0 bridgehead atoms. The van der Waals surface area contributed by atoms with Crippen molar-refractivity contribution in [3.05, 3.63) is 42.5 Å². The summed E-state index contributed by atoms with van der Waals surface area (Å²) < 4.78 is 31.9. The van der Waals surface area contributed by atoms with Crippen LogP contribution in [0.3, 0.4) is 0 Å². The molecule has 0 saturated carbocycles. The maximum atomic E-state index is 12.8. The summed E-state index contributed by atoms with van der Waals surface area (Å²) in [6.07, 6.45) is 2.19. The van der Waals surface area contributed by atoms with Crippen LogP contribution in [-0.4, -0.2) is 50.0 Å². The molecule has 0 aliphatic heterocycles. The number of anilines is 2. The summed E-state index contributed by atoms with van der Waals surface area (Å²) in [5.74, 6) is 0.279. The van der Waals surface area contributed by atoms with Gasteiger partial charge in [-0.2, -0.15) is 8.42 Å². The Morgan fingerprint density at radius 2 is 1.71 bits per heavy atom. The number of nitrogens with zero attached hydrogens (tertiary/aromatic N) is 2. The fourth-order valence-electron chi connectivity index (χ4n) is 3.76. The lowest BCUT2D eigenvalue weighted by Gasteiger charge is -2.30. The van der Waals surface area contributed by atoms with Gasteiger partial charge in [0.25, 0.3) is 0 Å². The number of unbranched alkanes of at least 4 members (excludes halogenated alkanes) is 1. The largest absolute Gasteiger partial charge is 0.384 e. The Bertz CT molecular complexity index is 1150. The molecule has 0 atom stereocenters. The predicted octanol–water partition coefficient (Wildman–Crippen LogP) is 5.81. The maximum Gasteiger partial charge on any atom is 0.339 e. The van der Waals surface area contributed by atoms with Gasteiger partial charge in [0.15, 0.2) is 5.13 Å². The smallest absolute Gasteiger partial charge is 0.339 e. The molecule has 7 nitrogen and oxygen atoms in total. The molecule has 9 heteroatoms. The molecular weight excluding hydrogens is 468 g/mol. The number of hydrogen-bond acceptors (Lipinski definition) is 8. The van der Waals surface area contributed by atoms with E-state index in [9.17, 15) is 8.42 Å². The fourth-order valence-corrected chi connectivity index (χ4v) is 5.60. The van der Waals surface area contributed by atoms with E-state index in [1.54, 1.807) is 42.5 Å². The Kier molecular flexibility index (Phi) is 9.16. The van der Waals surface area contributed by atoms with Crippen molar-refractivity contribution in [3.63, 3.8) is 0 Å². The Morgan fingerprint density at radius 3 is 2.35 bits per heavy atom.